The van der Waals surface area contributed by atoms with Crippen molar-refractivity contribution < 1.29 is 28.6 Å². The molecule has 0 aliphatic carbocycles. The first kappa shape index (κ1) is 22.0. The topological polar surface area (TPSA) is 94.2 Å². The lowest BCUT2D eigenvalue weighted by Crippen LogP contribution is -2.39. The van der Waals surface area contributed by atoms with Crippen LogP contribution in [-0.4, -0.2) is 45.4 Å². The number of carbonyl (C=O) groups is 3. The molecule has 1 heterocycles. The molecule has 0 atom stereocenters. The molecule has 3 rings (SSSR count). The number of amides is 1. The number of methoxy groups -OCH3 is 2. The van der Waals surface area contributed by atoms with Crippen LogP contribution in [0.15, 0.2) is 53.7 Å². The van der Waals surface area contributed by atoms with Gasteiger partial charge in [-0.05, 0) is 43.2 Å². The molecule has 0 unspecified atom stereocenters. The van der Waals surface area contributed by atoms with Crippen LogP contribution in [0.1, 0.15) is 21.5 Å². The van der Waals surface area contributed by atoms with E-state index in [0.717, 1.165) is 11.1 Å². The quantitative estimate of drug-likeness (QED) is 0.738. The Morgan fingerprint density at radius 3 is 2.39 bits per heavy atom. The third kappa shape index (κ3) is 4.59. The zero-order valence-electron chi connectivity index (χ0n) is 17.9. The highest BCUT2D eigenvalue weighted by Crippen LogP contribution is 2.34. The van der Waals surface area contributed by atoms with Crippen LogP contribution in [0.2, 0.25) is 0 Å². The third-order valence-corrected chi connectivity index (χ3v) is 4.92. The lowest BCUT2D eigenvalue weighted by atomic mass is 10.1. The molecule has 0 aromatic heterocycles. The second-order valence-corrected chi connectivity index (χ2v) is 7.01. The average molecular weight is 424 g/mol. The van der Waals surface area contributed by atoms with Gasteiger partial charge in [0.25, 0.3) is 5.91 Å². The average Bonchev–Trinajstić information content (AvgIpc) is 2.78. The molecule has 162 valence electrons. The van der Waals surface area contributed by atoms with Gasteiger partial charge >= 0.3 is 11.9 Å². The van der Waals surface area contributed by atoms with Gasteiger partial charge in [-0.2, -0.15) is 0 Å². The summed E-state index contributed by atoms with van der Waals surface area (Å²) < 4.78 is 15.3. The van der Waals surface area contributed by atoms with Crippen molar-refractivity contribution in [1.82, 2.24) is 0 Å². The van der Waals surface area contributed by atoms with Gasteiger partial charge in [0.2, 0.25) is 0 Å². The van der Waals surface area contributed by atoms with E-state index in [4.69, 9.17) is 14.2 Å². The molecule has 2 aromatic rings. The van der Waals surface area contributed by atoms with E-state index in [1.807, 2.05) is 32.0 Å². The van der Waals surface area contributed by atoms with Crippen LogP contribution in [-0.2, 0) is 23.8 Å². The summed E-state index contributed by atoms with van der Waals surface area (Å²) in [6.45, 7) is 3.63. The molecular weight excluding hydrogens is 400 g/mol. The highest BCUT2D eigenvalue weighted by molar-refractivity contribution is 6.08. The molecule has 0 spiro atoms. The number of ether oxygens (including phenoxy) is 3. The number of nitrogens with zero attached hydrogens (tertiary/aromatic N) is 1. The maximum Gasteiger partial charge on any atom is 0.355 e. The SMILES string of the molecule is COC(=O)C1=C(C(=O)OC)N(c2cc(C)ccc2NC(=O)c2ccccc2C)COC1. The molecule has 0 radical (unpaired) electrons. The first-order valence-corrected chi connectivity index (χ1v) is 9.60. The van der Waals surface area contributed by atoms with Gasteiger partial charge in [-0.15, -0.1) is 0 Å². The molecule has 8 nitrogen and oxygen atoms in total. The number of benzene rings is 2. The molecule has 1 amide bonds. The van der Waals surface area contributed by atoms with Crippen molar-refractivity contribution in [3.63, 3.8) is 0 Å². The van der Waals surface area contributed by atoms with Gasteiger partial charge in [-0.3, -0.25) is 4.79 Å². The predicted octanol–water partition coefficient (Wildman–Crippen LogP) is 2.95. The molecule has 8 heteroatoms. The summed E-state index contributed by atoms with van der Waals surface area (Å²) in [6, 6.07) is 12.6. The number of hydrogen-bond acceptors (Lipinski definition) is 7. The maximum atomic E-state index is 12.9. The lowest BCUT2D eigenvalue weighted by Gasteiger charge is -2.32. The Hall–Kier alpha value is -3.65. The summed E-state index contributed by atoms with van der Waals surface area (Å²) in [5.41, 5.74) is 3.24. The number of rotatable bonds is 5. The number of hydrogen-bond donors (Lipinski definition) is 1. The van der Waals surface area contributed by atoms with Crippen molar-refractivity contribution in [2.24, 2.45) is 0 Å². The van der Waals surface area contributed by atoms with E-state index in [1.54, 1.807) is 24.3 Å². The van der Waals surface area contributed by atoms with Crippen molar-refractivity contribution in [2.45, 2.75) is 13.8 Å². The molecule has 1 N–H and O–H groups in total. The zero-order valence-corrected chi connectivity index (χ0v) is 17.9. The van der Waals surface area contributed by atoms with Crippen molar-refractivity contribution in [2.75, 3.05) is 37.8 Å². The van der Waals surface area contributed by atoms with Crippen LogP contribution in [0.4, 0.5) is 11.4 Å². The Morgan fingerprint density at radius 1 is 1.00 bits per heavy atom. The van der Waals surface area contributed by atoms with Crippen LogP contribution in [0, 0.1) is 13.8 Å². The summed E-state index contributed by atoms with van der Waals surface area (Å²) >= 11 is 0. The summed E-state index contributed by atoms with van der Waals surface area (Å²) in [5, 5.41) is 2.90. The van der Waals surface area contributed by atoms with Crippen LogP contribution in [0.5, 0.6) is 0 Å². The van der Waals surface area contributed by atoms with Crippen LogP contribution < -0.4 is 10.2 Å². The Balaban J connectivity index is 2.08. The van der Waals surface area contributed by atoms with Gasteiger partial charge < -0.3 is 24.4 Å². The minimum Gasteiger partial charge on any atom is -0.466 e. The zero-order chi connectivity index (χ0) is 22.5. The summed E-state index contributed by atoms with van der Waals surface area (Å²) in [4.78, 5) is 39.3. The fourth-order valence-corrected chi connectivity index (χ4v) is 3.32. The Morgan fingerprint density at radius 2 is 1.71 bits per heavy atom. The van der Waals surface area contributed by atoms with Crippen LogP contribution in [0.3, 0.4) is 0 Å². The molecule has 0 saturated carbocycles. The maximum absolute atomic E-state index is 12.9. The monoisotopic (exact) mass is 424 g/mol. The standard InChI is InChI=1S/C23H24N2O6/c1-14-9-10-18(24-21(26)16-8-6-5-7-15(16)2)19(11-14)25-13-31-12-17(22(27)29-3)20(25)23(28)30-4/h5-11H,12-13H2,1-4H3,(H,24,26). The minimum atomic E-state index is -0.707. The van der Waals surface area contributed by atoms with Gasteiger partial charge in [0.15, 0.2) is 0 Å². The molecule has 1 aliphatic rings. The van der Waals surface area contributed by atoms with Crippen LogP contribution in [0.25, 0.3) is 0 Å². The largest absolute Gasteiger partial charge is 0.466 e. The molecule has 31 heavy (non-hydrogen) atoms. The first-order valence-electron chi connectivity index (χ1n) is 9.60. The lowest BCUT2D eigenvalue weighted by molar-refractivity contribution is -0.140. The van der Waals surface area contributed by atoms with E-state index in [9.17, 15) is 14.4 Å². The van der Waals surface area contributed by atoms with Crippen molar-refractivity contribution in [3.8, 4) is 0 Å². The number of nitrogens with one attached hydrogen (secondary N) is 1. The number of aryl methyl sites for hydroxylation is 2. The van der Waals surface area contributed by atoms with Crippen molar-refractivity contribution >= 4 is 29.2 Å². The Labute approximate surface area is 180 Å². The molecule has 0 saturated heterocycles. The van der Waals surface area contributed by atoms with Gasteiger partial charge in [0.05, 0.1) is 37.8 Å². The van der Waals surface area contributed by atoms with Crippen LogP contribution >= 0.6 is 0 Å². The Kier molecular flexibility index (Phi) is 6.71. The van der Waals surface area contributed by atoms with E-state index in [0.29, 0.717) is 16.9 Å². The molecular formula is C23H24N2O6. The highest BCUT2D eigenvalue weighted by atomic mass is 16.5. The van der Waals surface area contributed by atoms with E-state index < -0.39 is 11.9 Å². The number of carbonyl (C=O) groups excluding carboxylic acids is 3. The molecule has 1 aliphatic heterocycles. The second kappa shape index (κ2) is 9.44. The fraction of sp³-hybridized carbons (Fsp3) is 0.261. The molecule has 0 bridgehead atoms. The summed E-state index contributed by atoms with van der Waals surface area (Å²) in [5.74, 6) is -1.69. The van der Waals surface area contributed by atoms with Gasteiger partial charge in [0.1, 0.15) is 12.4 Å². The third-order valence-electron chi connectivity index (χ3n) is 4.92. The molecule has 0 fully saturated rings. The van der Waals surface area contributed by atoms with E-state index >= 15 is 0 Å². The van der Waals surface area contributed by atoms with Gasteiger partial charge in [-0.25, -0.2) is 9.59 Å². The van der Waals surface area contributed by atoms with E-state index in [-0.39, 0.29) is 30.5 Å². The van der Waals surface area contributed by atoms with Gasteiger partial charge in [0, 0.05) is 5.56 Å². The smallest absolute Gasteiger partial charge is 0.355 e. The van der Waals surface area contributed by atoms with E-state index in [2.05, 4.69) is 5.32 Å². The Bertz CT molecular complexity index is 1060. The molecule has 2 aromatic carbocycles. The van der Waals surface area contributed by atoms with Crippen molar-refractivity contribution in [3.05, 3.63) is 70.4 Å². The first-order chi connectivity index (χ1) is 14.9. The fourth-order valence-electron chi connectivity index (χ4n) is 3.32. The van der Waals surface area contributed by atoms with Gasteiger partial charge in [-0.1, -0.05) is 24.3 Å². The minimum absolute atomic E-state index is 0.0117. The highest BCUT2D eigenvalue weighted by Gasteiger charge is 2.33. The number of anilines is 2. The normalized spacial score (nSPS) is 13.6. The predicted molar refractivity (Wildman–Crippen MR) is 115 cm³/mol. The summed E-state index contributed by atoms with van der Waals surface area (Å²) in [7, 11) is 2.46. The number of esters is 2. The summed E-state index contributed by atoms with van der Waals surface area (Å²) in [6.07, 6.45) is 0. The van der Waals surface area contributed by atoms with E-state index in [1.165, 1.54) is 19.1 Å². The van der Waals surface area contributed by atoms with Crippen molar-refractivity contribution in [1.29, 1.82) is 0 Å². The second-order valence-electron chi connectivity index (χ2n) is 7.01.